The Kier molecular flexibility index (Phi) is 10.0. The number of aliphatic carboxylic acids is 1. The minimum atomic E-state index is -1.77. The van der Waals surface area contributed by atoms with Crippen LogP contribution in [0.5, 0.6) is 0 Å². The van der Waals surface area contributed by atoms with E-state index in [0.717, 1.165) is 18.8 Å². The van der Waals surface area contributed by atoms with Crippen LogP contribution in [0.1, 0.15) is 46.6 Å². The van der Waals surface area contributed by atoms with Gasteiger partial charge in [-0.1, -0.05) is 12.1 Å². The van der Waals surface area contributed by atoms with Crippen LogP contribution in [0.25, 0.3) is 0 Å². The second-order valence-corrected chi connectivity index (χ2v) is 10.2. The summed E-state index contributed by atoms with van der Waals surface area (Å²) < 4.78 is 30.1. The van der Waals surface area contributed by atoms with Crippen molar-refractivity contribution < 1.29 is 38.1 Å². The first kappa shape index (κ1) is 28.5. The molecule has 1 aliphatic rings. The second kappa shape index (κ2) is 12.3. The fourth-order valence-electron chi connectivity index (χ4n) is 3.59. The summed E-state index contributed by atoms with van der Waals surface area (Å²) in [4.78, 5) is 38.8. The SMILES string of the molecule is CC(C)(F)C[C@H](NCC(=O)OC(C)(C)C)C(=O)O[C@H](Cc1ccc(N2CCOCC2)cc1)C(=O)O. The monoisotopic (exact) mass is 496 g/mol. The quantitative estimate of drug-likeness (QED) is 0.446. The summed E-state index contributed by atoms with van der Waals surface area (Å²) in [5, 5.41) is 12.3. The van der Waals surface area contributed by atoms with E-state index < -0.39 is 41.3 Å². The molecular weight excluding hydrogens is 459 g/mol. The van der Waals surface area contributed by atoms with Gasteiger partial charge in [-0.25, -0.2) is 9.18 Å². The zero-order valence-electron chi connectivity index (χ0n) is 21.1. The molecule has 0 bridgehead atoms. The summed E-state index contributed by atoms with van der Waals surface area (Å²) in [7, 11) is 0. The lowest BCUT2D eigenvalue weighted by atomic mass is 10.0. The van der Waals surface area contributed by atoms with Crippen LogP contribution >= 0.6 is 0 Å². The van der Waals surface area contributed by atoms with Crippen LogP contribution in [0.4, 0.5) is 10.1 Å². The Balaban J connectivity index is 2.03. The molecular formula is C25H37FN2O7. The van der Waals surface area contributed by atoms with Gasteiger partial charge in [-0.15, -0.1) is 0 Å². The van der Waals surface area contributed by atoms with Crippen molar-refractivity contribution in [2.45, 2.75) is 70.9 Å². The largest absolute Gasteiger partial charge is 0.478 e. The lowest BCUT2D eigenvalue weighted by molar-refractivity contribution is -0.166. The zero-order chi connectivity index (χ0) is 26.2. The van der Waals surface area contributed by atoms with Crippen LogP contribution in [0.2, 0.25) is 0 Å². The molecule has 0 amide bonds. The number of alkyl halides is 1. The number of carboxylic acids is 1. The highest BCUT2D eigenvalue weighted by molar-refractivity contribution is 5.82. The molecule has 0 aromatic heterocycles. The van der Waals surface area contributed by atoms with Gasteiger partial charge in [0.25, 0.3) is 0 Å². The molecule has 2 rings (SSSR count). The maximum atomic E-state index is 14.3. The third-order valence-electron chi connectivity index (χ3n) is 5.15. The molecule has 0 radical (unpaired) electrons. The Morgan fingerprint density at radius 3 is 2.23 bits per heavy atom. The lowest BCUT2D eigenvalue weighted by Crippen LogP contribution is -2.47. The number of halogens is 1. The molecule has 0 unspecified atom stereocenters. The minimum Gasteiger partial charge on any atom is -0.478 e. The molecule has 1 aliphatic heterocycles. The van der Waals surface area contributed by atoms with Gasteiger partial charge in [0.15, 0.2) is 0 Å². The molecule has 1 saturated heterocycles. The first-order valence-corrected chi connectivity index (χ1v) is 11.7. The number of benzene rings is 1. The predicted molar refractivity (Wildman–Crippen MR) is 128 cm³/mol. The molecule has 1 heterocycles. The highest BCUT2D eigenvalue weighted by atomic mass is 19.1. The van der Waals surface area contributed by atoms with Gasteiger partial charge in [-0.3, -0.25) is 14.9 Å². The van der Waals surface area contributed by atoms with Gasteiger partial charge in [0, 0.05) is 31.6 Å². The van der Waals surface area contributed by atoms with Gasteiger partial charge < -0.3 is 24.2 Å². The van der Waals surface area contributed by atoms with Crippen LogP contribution < -0.4 is 10.2 Å². The number of carbonyl (C=O) groups excluding carboxylic acids is 2. The number of rotatable bonds is 11. The molecule has 0 aliphatic carbocycles. The Bertz CT molecular complexity index is 856. The highest BCUT2D eigenvalue weighted by Gasteiger charge is 2.33. The molecule has 9 nitrogen and oxygen atoms in total. The molecule has 10 heteroatoms. The Hall–Kier alpha value is -2.72. The van der Waals surface area contributed by atoms with Crippen LogP contribution in [-0.4, -0.2) is 79.3 Å². The van der Waals surface area contributed by atoms with Gasteiger partial charge in [0.05, 0.1) is 19.8 Å². The third kappa shape index (κ3) is 10.6. The van der Waals surface area contributed by atoms with Crippen LogP contribution in [-0.2, 0) is 35.0 Å². The molecule has 2 N–H and O–H groups in total. The van der Waals surface area contributed by atoms with Gasteiger partial charge in [-0.05, 0) is 52.3 Å². The number of carboxylic acid groups (broad SMARTS) is 1. The lowest BCUT2D eigenvalue weighted by Gasteiger charge is -2.29. The van der Waals surface area contributed by atoms with E-state index in [-0.39, 0.29) is 19.4 Å². The van der Waals surface area contributed by atoms with E-state index in [2.05, 4.69) is 10.2 Å². The number of hydrogen-bond acceptors (Lipinski definition) is 8. The van der Waals surface area contributed by atoms with Crippen molar-refractivity contribution in [2.24, 2.45) is 0 Å². The second-order valence-electron chi connectivity index (χ2n) is 10.2. The normalized spacial score (nSPS) is 16.3. The zero-order valence-corrected chi connectivity index (χ0v) is 21.1. The maximum absolute atomic E-state index is 14.3. The standard InChI is InChI=1S/C25H37FN2O7/c1-24(2,3)35-21(29)16-27-19(15-25(4,5)26)23(32)34-20(22(30)31)14-17-6-8-18(9-7-17)28-10-12-33-13-11-28/h6-9,19-20,27H,10-16H2,1-5H3,(H,30,31)/t19-,20+/m0/s1. The van der Waals surface area contributed by atoms with E-state index in [1.165, 1.54) is 13.8 Å². The molecule has 2 atom stereocenters. The van der Waals surface area contributed by atoms with Gasteiger partial charge in [0.2, 0.25) is 6.10 Å². The molecule has 1 fully saturated rings. The topological polar surface area (TPSA) is 114 Å². The number of morpholine rings is 1. The van der Waals surface area contributed by atoms with Crippen molar-refractivity contribution >= 4 is 23.6 Å². The summed E-state index contributed by atoms with van der Waals surface area (Å²) >= 11 is 0. The predicted octanol–water partition coefficient (Wildman–Crippen LogP) is 2.50. The minimum absolute atomic E-state index is 0.0533. The summed E-state index contributed by atoms with van der Waals surface area (Å²) in [6, 6.07) is 6.12. The Morgan fingerprint density at radius 2 is 1.71 bits per heavy atom. The number of carbonyl (C=O) groups is 3. The molecule has 0 spiro atoms. The first-order chi connectivity index (χ1) is 16.2. The number of esters is 2. The third-order valence-corrected chi connectivity index (χ3v) is 5.15. The molecule has 35 heavy (non-hydrogen) atoms. The fraction of sp³-hybridized carbons (Fsp3) is 0.640. The average molecular weight is 497 g/mol. The van der Waals surface area contributed by atoms with Gasteiger partial charge in [0.1, 0.15) is 17.3 Å². The number of nitrogens with one attached hydrogen (secondary N) is 1. The molecule has 1 aromatic rings. The van der Waals surface area contributed by atoms with Crippen LogP contribution in [0.3, 0.4) is 0 Å². The van der Waals surface area contributed by atoms with Crippen molar-refractivity contribution in [1.82, 2.24) is 5.32 Å². The van der Waals surface area contributed by atoms with E-state index >= 15 is 0 Å². The van der Waals surface area contributed by atoms with Crippen LogP contribution in [0.15, 0.2) is 24.3 Å². The van der Waals surface area contributed by atoms with Crippen LogP contribution in [0, 0.1) is 0 Å². The van der Waals surface area contributed by atoms with E-state index in [1.54, 1.807) is 32.9 Å². The van der Waals surface area contributed by atoms with E-state index in [1.807, 2.05) is 12.1 Å². The molecule has 196 valence electrons. The van der Waals surface area contributed by atoms with E-state index in [4.69, 9.17) is 14.2 Å². The van der Waals surface area contributed by atoms with Crippen molar-refractivity contribution in [3.05, 3.63) is 29.8 Å². The Labute approximate surface area is 205 Å². The summed E-state index contributed by atoms with van der Waals surface area (Å²) in [6.45, 7) is 10.2. The van der Waals surface area contributed by atoms with E-state index in [0.29, 0.717) is 18.8 Å². The van der Waals surface area contributed by atoms with Gasteiger partial charge >= 0.3 is 17.9 Å². The summed E-state index contributed by atoms with van der Waals surface area (Å²) in [5.41, 5.74) is -0.817. The average Bonchev–Trinajstić information content (AvgIpc) is 2.75. The maximum Gasteiger partial charge on any atom is 0.345 e. The number of anilines is 1. The smallest absolute Gasteiger partial charge is 0.345 e. The molecule has 1 aromatic carbocycles. The van der Waals surface area contributed by atoms with Crippen molar-refractivity contribution in [3.8, 4) is 0 Å². The number of hydrogen-bond donors (Lipinski definition) is 2. The fourth-order valence-corrected chi connectivity index (χ4v) is 3.59. The van der Waals surface area contributed by atoms with Gasteiger partial charge in [-0.2, -0.15) is 0 Å². The van der Waals surface area contributed by atoms with Crippen molar-refractivity contribution in [2.75, 3.05) is 37.7 Å². The van der Waals surface area contributed by atoms with Crippen molar-refractivity contribution in [3.63, 3.8) is 0 Å². The Morgan fingerprint density at radius 1 is 1.11 bits per heavy atom. The number of ether oxygens (including phenoxy) is 3. The summed E-state index contributed by atoms with van der Waals surface area (Å²) in [5.74, 6) is -2.89. The van der Waals surface area contributed by atoms with Crippen molar-refractivity contribution in [1.29, 1.82) is 0 Å². The summed E-state index contributed by atoms with van der Waals surface area (Å²) in [6.07, 6.45) is -1.83. The highest BCUT2D eigenvalue weighted by Crippen LogP contribution is 2.20. The number of nitrogens with zero attached hydrogens (tertiary/aromatic N) is 1. The first-order valence-electron chi connectivity index (χ1n) is 11.7. The molecule has 0 saturated carbocycles. The van der Waals surface area contributed by atoms with E-state index in [9.17, 15) is 23.9 Å².